The molecule has 16 heavy (non-hydrogen) atoms. The standard InChI is InChI=1S/C13H20O2Si/c1-4-12-16(14-5-2,15-6-3)13-10-8-7-9-11-13/h4,7-11H,1,5-6,12H2,2-3H3. The molecule has 3 heteroatoms. The maximum atomic E-state index is 5.94. The van der Waals surface area contributed by atoms with Crippen molar-refractivity contribution in [2.45, 2.75) is 19.9 Å². The van der Waals surface area contributed by atoms with Crippen molar-refractivity contribution in [3.05, 3.63) is 43.0 Å². The highest BCUT2D eigenvalue weighted by Gasteiger charge is 2.38. The van der Waals surface area contributed by atoms with Crippen molar-refractivity contribution in [3.63, 3.8) is 0 Å². The van der Waals surface area contributed by atoms with Crippen molar-refractivity contribution in [3.8, 4) is 0 Å². The highest BCUT2D eigenvalue weighted by molar-refractivity contribution is 6.81. The van der Waals surface area contributed by atoms with Crippen LogP contribution in [0.15, 0.2) is 43.0 Å². The average Bonchev–Trinajstić information content (AvgIpc) is 2.31. The van der Waals surface area contributed by atoms with Crippen molar-refractivity contribution in [1.29, 1.82) is 0 Å². The Bertz CT molecular complexity index is 305. The zero-order chi connectivity index (χ0) is 11.9. The molecule has 0 saturated heterocycles. The maximum Gasteiger partial charge on any atom is 0.376 e. The molecule has 2 nitrogen and oxygen atoms in total. The van der Waals surface area contributed by atoms with Crippen molar-refractivity contribution in [2.75, 3.05) is 13.2 Å². The molecule has 0 spiro atoms. The Morgan fingerprint density at radius 3 is 2.12 bits per heavy atom. The van der Waals surface area contributed by atoms with E-state index in [0.717, 1.165) is 6.04 Å². The second-order valence-corrected chi connectivity index (χ2v) is 6.55. The van der Waals surface area contributed by atoms with Crippen LogP contribution in [-0.4, -0.2) is 21.8 Å². The van der Waals surface area contributed by atoms with Crippen LogP contribution in [0.5, 0.6) is 0 Å². The van der Waals surface area contributed by atoms with Crippen LogP contribution in [0.4, 0.5) is 0 Å². The Morgan fingerprint density at radius 2 is 1.69 bits per heavy atom. The summed E-state index contributed by atoms with van der Waals surface area (Å²) < 4.78 is 11.9. The van der Waals surface area contributed by atoms with Crippen LogP contribution in [-0.2, 0) is 8.85 Å². The van der Waals surface area contributed by atoms with Gasteiger partial charge in [-0.1, -0.05) is 36.4 Å². The smallest absolute Gasteiger partial charge is 0.376 e. The third-order valence-corrected chi connectivity index (χ3v) is 5.93. The second kappa shape index (κ2) is 6.63. The van der Waals surface area contributed by atoms with E-state index in [4.69, 9.17) is 8.85 Å². The molecule has 1 aromatic carbocycles. The SMILES string of the molecule is C=CC[Si](OCC)(OCC)c1ccccc1. The lowest BCUT2D eigenvalue weighted by molar-refractivity contribution is 0.198. The molecule has 0 aliphatic carbocycles. The molecule has 1 rings (SSSR count). The third kappa shape index (κ3) is 3.04. The minimum Gasteiger partial charge on any atom is -0.391 e. The van der Waals surface area contributed by atoms with Crippen molar-refractivity contribution in [1.82, 2.24) is 0 Å². The fourth-order valence-electron chi connectivity index (χ4n) is 1.79. The van der Waals surface area contributed by atoms with Gasteiger partial charge in [-0.3, -0.25) is 0 Å². The first-order valence-electron chi connectivity index (χ1n) is 5.73. The third-order valence-electron chi connectivity index (χ3n) is 2.38. The Labute approximate surface area is 99.2 Å². The summed E-state index contributed by atoms with van der Waals surface area (Å²) in [6.45, 7) is 9.17. The van der Waals surface area contributed by atoms with Crippen LogP contribution in [0.3, 0.4) is 0 Å². The van der Waals surface area contributed by atoms with E-state index < -0.39 is 8.56 Å². The summed E-state index contributed by atoms with van der Waals surface area (Å²) in [6.07, 6.45) is 1.89. The van der Waals surface area contributed by atoms with Crippen LogP contribution in [0.2, 0.25) is 6.04 Å². The van der Waals surface area contributed by atoms with Gasteiger partial charge in [0.15, 0.2) is 0 Å². The largest absolute Gasteiger partial charge is 0.391 e. The zero-order valence-electron chi connectivity index (χ0n) is 10.1. The predicted octanol–water partition coefficient (Wildman–Crippen LogP) is 2.59. The van der Waals surface area contributed by atoms with Gasteiger partial charge in [0.2, 0.25) is 0 Å². The molecule has 0 amide bonds. The quantitative estimate of drug-likeness (QED) is 0.535. The minimum absolute atomic E-state index is 0.676. The molecular weight excluding hydrogens is 216 g/mol. The number of hydrogen-bond donors (Lipinski definition) is 0. The molecule has 0 aliphatic heterocycles. The second-order valence-electron chi connectivity index (χ2n) is 3.48. The Morgan fingerprint density at radius 1 is 1.12 bits per heavy atom. The van der Waals surface area contributed by atoms with Gasteiger partial charge in [-0.25, -0.2) is 0 Å². The molecule has 1 aromatic rings. The molecule has 0 N–H and O–H groups in total. The van der Waals surface area contributed by atoms with Gasteiger partial charge in [0.25, 0.3) is 0 Å². The maximum absolute atomic E-state index is 5.94. The number of rotatable bonds is 7. The van der Waals surface area contributed by atoms with Gasteiger partial charge in [-0.2, -0.15) is 0 Å². The average molecular weight is 236 g/mol. The van der Waals surface area contributed by atoms with E-state index in [1.165, 1.54) is 5.19 Å². The molecule has 0 saturated carbocycles. The molecule has 0 aromatic heterocycles. The molecule has 0 atom stereocenters. The molecule has 88 valence electrons. The van der Waals surface area contributed by atoms with Crippen LogP contribution in [0, 0.1) is 0 Å². The van der Waals surface area contributed by atoms with E-state index in [0.29, 0.717) is 13.2 Å². The first-order valence-corrected chi connectivity index (χ1v) is 7.75. The summed E-state index contributed by atoms with van der Waals surface area (Å²) >= 11 is 0. The summed E-state index contributed by atoms with van der Waals surface area (Å²) in [5, 5.41) is 1.18. The first kappa shape index (κ1) is 13.2. The lowest BCUT2D eigenvalue weighted by atomic mass is 10.4. The number of allylic oxidation sites excluding steroid dienone is 1. The van der Waals surface area contributed by atoms with Gasteiger partial charge >= 0.3 is 8.56 Å². The lowest BCUT2D eigenvalue weighted by Crippen LogP contribution is -2.53. The fraction of sp³-hybridized carbons (Fsp3) is 0.385. The van der Waals surface area contributed by atoms with Gasteiger partial charge in [0, 0.05) is 19.3 Å². The summed E-state index contributed by atoms with van der Waals surface area (Å²) in [7, 11) is -2.29. The topological polar surface area (TPSA) is 18.5 Å². The highest BCUT2D eigenvalue weighted by atomic mass is 28.4. The van der Waals surface area contributed by atoms with Crippen molar-refractivity contribution >= 4 is 13.7 Å². The van der Waals surface area contributed by atoms with E-state index in [-0.39, 0.29) is 0 Å². The summed E-state index contributed by atoms with van der Waals surface area (Å²) in [4.78, 5) is 0. The first-order chi connectivity index (χ1) is 7.79. The van der Waals surface area contributed by atoms with Gasteiger partial charge in [0.1, 0.15) is 0 Å². The van der Waals surface area contributed by atoms with E-state index in [2.05, 4.69) is 18.7 Å². The molecule has 0 heterocycles. The molecule has 0 bridgehead atoms. The Kier molecular flexibility index (Phi) is 5.45. The molecule has 0 unspecified atom stereocenters. The van der Waals surface area contributed by atoms with Gasteiger partial charge < -0.3 is 8.85 Å². The highest BCUT2D eigenvalue weighted by Crippen LogP contribution is 2.14. The van der Waals surface area contributed by atoms with Crippen LogP contribution >= 0.6 is 0 Å². The number of hydrogen-bond acceptors (Lipinski definition) is 2. The van der Waals surface area contributed by atoms with Crippen LogP contribution in [0.1, 0.15) is 13.8 Å². The Balaban J connectivity index is 3.04. The zero-order valence-corrected chi connectivity index (χ0v) is 11.1. The van der Waals surface area contributed by atoms with Crippen LogP contribution < -0.4 is 5.19 Å². The van der Waals surface area contributed by atoms with Crippen LogP contribution in [0.25, 0.3) is 0 Å². The minimum atomic E-state index is -2.29. The van der Waals surface area contributed by atoms with Gasteiger partial charge in [0.05, 0.1) is 0 Å². The fourth-order valence-corrected chi connectivity index (χ4v) is 4.69. The van der Waals surface area contributed by atoms with Gasteiger partial charge in [-0.05, 0) is 19.0 Å². The summed E-state index contributed by atoms with van der Waals surface area (Å²) in [5.74, 6) is 0. The number of benzene rings is 1. The molecular formula is C13H20O2Si. The van der Waals surface area contributed by atoms with Crippen molar-refractivity contribution < 1.29 is 8.85 Å². The molecule has 0 fully saturated rings. The normalized spacial score (nSPS) is 11.4. The van der Waals surface area contributed by atoms with E-state index in [1.54, 1.807) is 0 Å². The van der Waals surface area contributed by atoms with E-state index in [9.17, 15) is 0 Å². The predicted molar refractivity (Wildman–Crippen MR) is 70.1 cm³/mol. The molecule has 0 radical (unpaired) electrons. The lowest BCUT2D eigenvalue weighted by Gasteiger charge is -2.29. The van der Waals surface area contributed by atoms with Gasteiger partial charge in [-0.15, -0.1) is 6.58 Å². The molecule has 0 aliphatic rings. The van der Waals surface area contributed by atoms with E-state index >= 15 is 0 Å². The monoisotopic (exact) mass is 236 g/mol. The van der Waals surface area contributed by atoms with Crippen molar-refractivity contribution in [2.24, 2.45) is 0 Å². The van der Waals surface area contributed by atoms with E-state index in [1.807, 2.05) is 38.1 Å². The summed E-state index contributed by atoms with van der Waals surface area (Å²) in [5.41, 5.74) is 0. The Hall–Kier alpha value is -0.903. The summed E-state index contributed by atoms with van der Waals surface area (Å²) in [6, 6.07) is 11.0.